The van der Waals surface area contributed by atoms with Gasteiger partial charge in [-0.3, -0.25) is 9.59 Å². The zero-order valence-electron chi connectivity index (χ0n) is 20.1. The first-order valence-corrected chi connectivity index (χ1v) is 12.2. The van der Waals surface area contributed by atoms with Crippen LogP contribution in [0.5, 0.6) is 5.75 Å². The van der Waals surface area contributed by atoms with Gasteiger partial charge < -0.3 is 5.11 Å². The van der Waals surface area contributed by atoms with Gasteiger partial charge in [0.25, 0.3) is 0 Å². The van der Waals surface area contributed by atoms with Crippen LogP contribution in [0.2, 0.25) is 0 Å². The van der Waals surface area contributed by atoms with Crippen molar-refractivity contribution in [3.63, 3.8) is 0 Å². The van der Waals surface area contributed by atoms with E-state index in [2.05, 4.69) is 13.2 Å². The number of benzene rings is 3. The summed E-state index contributed by atoms with van der Waals surface area (Å²) in [6.07, 6.45) is 7.91. The van der Waals surface area contributed by atoms with Crippen LogP contribution in [0.3, 0.4) is 0 Å². The maximum atomic E-state index is 14.5. The van der Waals surface area contributed by atoms with E-state index in [1.165, 1.54) is 6.08 Å². The Morgan fingerprint density at radius 3 is 2.28 bits per heavy atom. The zero-order chi connectivity index (χ0) is 25.3. The van der Waals surface area contributed by atoms with Crippen molar-refractivity contribution in [3.8, 4) is 5.75 Å². The first kappa shape index (κ1) is 23.5. The molecular formula is C33H28O3. The minimum Gasteiger partial charge on any atom is -0.507 e. The molecule has 1 N–H and O–H groups in total. The van der Waals surface area contributed by atoms with Crippen molar-refractivity contribution in [2.75, 3.05) is 0 Å². The third-order valence-electron chi connectivity index (χ3n) is 7.59. The largest absolute Gasteiger partial charge is 0.507 e. The first-order valence-electron chi connectivity index (χ1n) is 12.2. The summed E-state index contributed by atoms with van der Waals surface area (Å²) in [6.45, 7) is 7.85. The highest BCUT2D eigenvalue weighted by Gasteiger charge is 2.59. The third-order valence-corrected chi connectivity index (χ3v) is 7.59. The van der Waals surface area contributed by atoms with Gasteiger partial charge in [0.15, 0.2) is 11.6 Å². The van der Waals surface area contributed by atoms with E-state index < -0.39 is 17.3 Å². The minimum absolute atomic E-state index is 0.0595. The Kier molecular flexibility index (Phi) is 6.15. The van der Waals surface area contributed by atoms with Crippen LogP contribution in [0.25, 0.3) is 5.57 Å². The van der Waals surface area contributed by atoms with Crippen LogP contribution in [-0.4, -0.2) is 16.7 Å². The number of fused-ring (bicyclic) bond motifs is 1. The van der Waals surface area contributed by atoms with Gasteiger partial charge in [-0.2, -0.15) is 0 Å². The Labute approximate surface area is 211 Å². The number of ketones is 2. The molecule has 2 aliphatic rings. The zero-order valence-corrected chi connectivity index (χ0v) is 20.1. The fourth-order valence-electron chi connectivity index (χ4n) is 6.02. The van der Waals surface area contributed by atoms with Gasteiger partial charge >= 0.3 is 0 Å². The second kappa shape index (κ2) is 9.43. The average Bonchev–Trinajstić information content (AvgIpc) is 2.92. The minimum atomic E-state index is -1.21. The number of aromatic hydroxyl groups is 1. The quantitative estimate of drug-likeness (QED) is 0.416. The standard InChI is InChI=1S/C33H28O3/c1-3-12-24-15-11-18-26(31(24)35)30-22(4-2)19-20-28-32(36)27(23-13-7-5-8-14-23)21-29(34)33(28,30)25-16-9-6-10-17-25/h3-11,13-19,21,28,30,35H,1-2,12,20H2/t28-,30+,33-/m0/s1. The lowest BCUT2D eigenvalue weighted by Crippen LogP contribution is -2.54. The van der Waals surface area contributed by atoms with Crippen LogP contribution in [0, 0.1) is 5.92 Å². The molecule has 0 amide bonds. The lowest BCUT2D eigenvalue weighted by molar-refractivity contribution is -0.131. The molecule has 0 saturated heterocycles. The highest BCUT2D eigenvalue weighted by atomic mass is 16.3. The van der Waals surface area contributed by atoms with Crippen molar-refractivity contribution < 1.29 is 14.7 Å². The van der Waals surface area contributed by atoms with Crippen LogP contribution in [-0.2, 0) is 21.4 Å². The van der Waals surface area contributed by atoms with E-state index in [9.17, 15) is 14.7 Å². The lowest BCUT2D eigenvalue weighted by atomic mass is 9.50. The number of carbonyl (C=O) groups is 2. The summed E-state index contributed by atoms with van der Waals surface area (Å²) in [4.78, 5) is 28.6. The molecule has 3 nitrogen and oxygen atoms in total. The topological polar surface area (TPSA) is 54.4 Å². The number of para-hydroxylation sites is 1. The summed E-state index contributed by atoms with van der Waals surface area (Å²) in [7, 11) is 0. The average molecular weight is 473 g/mol. The number of hydrogen-bond acceptors (Lipinski definition) is 3. The fraction of sp³-hybridized carbons (Fsp3) is 0.152. The third kappa shape index (κ3) is 3.51. The monoisotopic (exact) mass is 472 g/mol. The molecule has 0 saturated carbocycles. The van der Waals surface area contributed by atoms with Gasteiger partial charge in [0, 0.05) is 23.0 Å². The fourth-order valence-corrected chi connectivity index (χ4v) is 6.02. The Bertz CT molecular complexity index is 1410. The SMILES string of the molecule is C=CCc1cccc([C@H]2C(C=C)=CC[C@H]3C(=O)C(c4ccccc4)=CC(=O)[C@@]23c2ccccc2)c1O. The van der Waals surface area contributed by atoms with Crippen LogP contribution in [0.1, 0.15) is 34.6 Å². The normalized spacial score (nSPS) is 23.3. The molecule has 0 spiro atoms. The van der Waals surface area contributed by atoms with Crippen molar-refractivity contribution in [1.29, 1.82) is 0 Å². The van der Waals surface area contributed by atoms with Gasteiger partial charge in [-0.1, -0.05) is 104 Å². The molecule has 36 heavy (non-hydrogen) atoms. The van der Waals surface area contributed by atoms with Gasteiger partial charge in [0.05, 0.1) is 5.41 Å². The van der Waals surface area contributed by atoms with Crippen molar-refractivity contribution in [2.24, 2.45) is 5.92 Å². The number of phenolic OH excluding ortho intramolecular Hbond substituents is 1. The van der Waals surface area contributed by atoms with E-state index in [1.807, 2.05) is 84.9 Å². The van der Waals surface area contributed by atoms with Gasteiger partial charge in [-0.05, 0) is 41.2 Å². The number of Topliss-reactive ketones (excluding diaryl/α,β-unsaturated/α-hetero) is 1. The van der Waals surface area contributed by atoms with E-state index in [0.717, 1.165) is 22.3 Å². The van der Waals surface area contributed by atoms with Crippen LogP contribution >= 0.6 is 0 Å². The number of rotatable bonds is 6. The summed E-state index contributed by atoms with van der Waals surface area (Å²) in [6, 6.07) is 24.5. The molecule has 5 rings (SSSR count). The van der Waals surface area contributed by atoms with Crippen LogP contribution in [0.15, 0.2) is 122 Å². The van der Waals surface area contributed by atoms with E-state index in [0.29, 0.717) is 24.0 Å². The molecule has 0 fully saturated rings. The van der Waals surface area contributed by atoms with Gasteiger partial charge in [-0.25, -0.2) is 0 Å². The second-order valence-corrected chi connectivity index (χ2v) is 9.36. The molecule has 0 aromatic heterocycles. The molecule has 3 aromatic carbocycles. The summed E-state index contributed by atoms with van der Waals surface area (Å²) in [5, 5.41) is 11.4. The van der Waals surface area contributed by atoms with Crippen LogP contribution in [0.4, 0.5) is 0 Å². The lowest BCUT2D eigenvalue weighted by Gasteiger charge is -2.50. The number of carbonyl (C=O) groups excluding carboxylic acids is 2. The molecule has 3 heteroatoms. The predicted molar refractivity (Wildman–Crippen MR) is 144 cm³/mol. The van der Waals surface area contributed by atoms with Gasteiger partial charge in [-0.15, -0.1) is 6.58 Å². The van der Waals surface area contributed by atoms with E-state index in [1.54, 1.807) is 12.2 Å². The highest BCUT2D eigenvalue weighted by molar-refractivity contribution is 6.31. The molecule has 2 aliphatic carbocycles. The smallest absolute Gasteiger partial charge is 0.168 e. The first-order chi connectivity index (χ1) is 17.5. The molecular weight excluding hydrogens is 444 g/mol. The Morgan fingerprint density at radius 2 is 1.61 bits per heavy atom. The number of hydrogen-bond donors (Lipinski definition) is 1. The van der Waals surface area contributed by atoms with E-state index >= 15 is 0 Å². The van der Waals surface area contributed by atoms with Gasteiger partial charge in [0.1, 0.15) is 5.75 Å². The molecule has 0 aliphatic heterocycles. The summed E-state index contributed by atoms with van der Waals surface area (Å²) in [5.41, 5.74) is 2.91. The number of phenols is 1. The Hall–Kier alpha value is -4.24. The maximum Gasteiger partial charge on any atom is 0.168 e. The molecule has 0 bridgehead atoms. The molecule has 3 atom stereocenters. The molecule has 3 aromatic rings. The summed E-state index contributed by atoms with van der Waals surface area (Å²) >= 11 is 0. The van der Waals surface area contributed by atoms with E-state index in [-0.39, 0.29) is 17.3 Å². The van der Waals surface area contributed by atoms with Crippen LogP contribution < -0.4 is 0 Å². The van der Waals surface area contributed by atoms with Crippen molar-refractivity contribution in [3.05, 3.63) is 144 Å². The second-order valence-electron chi connectivity index (χ2n) is 9.36. The highest BCUT2D eigenvalue weighted by Crippen LogP contribution is 2.58. The Morgan fingerprint density at radius 1 is 0.917 bits per heavy atom. The summed E-state index contributed by atoms with van der Waals surface area (Å²) in [5.74, 6) is -1.27. The summed E-state index contributed by atoms with van der Waals surface area (Å²) < 4.78 is 0. The predicted octanol–water partition coefficient (Wildman–Crippen LogP) is 6.51. The Balaban J connectivity index is 1.82. The van der Waals surface area contributed by atoms with Crippen molar-refractivity contribution in [1.82, 2.24) is 0 Å². The van der Waals surface area contributed by atoms with Gasteiger partial charge in [0.2, 0.25) is 0 Å². The van der Waals surface area contributed by atoms with Crippen molar-refractivity contribution in [2.45, 2.75) is 24.2 Å². The molecule has 0 heterocycles. The van der Waals surface area contributed by atoms with Crippen molar-refractivity contribution >= 4 is 17.1 Å². The maximum absolute atomic E-state index is 14.5. The van der Waals surface area contributed by atoms with E-state index in [4.69, 9.17) is 0 Å². The number of allylic oxidation sites excluding steroid dienone is 6. The molecule has 178 valence electrons. The molecule has 0 radical (unpaired) electrons. The molecule has 0 unspecified atom stereocenters.